The van der Waals surface area contributed by atoms with Gasteiger partial charge in [0.15, 0.2) is 0 Å². The Morgan fingerprint density at radius 1 is 1.00 bits per heavy atom. The number of alkyl halides is 3. The average molecular weight is 550 g/mol. The lowest BCUT2D eigenvalue weighted by atomic mass is 10.0. The summed E-state index contributed by atoms with van der Waals surface area (Å²) in [5.74, 6) is -2.90. The molecule has 2 aromatic carbocycles. The fourth-order valence-electron chi connectivity index (χ4n) is 3.69. The summed E-state index contributed by atoms with van der Waals surface area (Å²) in [6, 6.07) is 9.69. The zero-order chi connectivity index (χ0) is 29.0. The maximum absolute atomic E-state index is 13.8. The quantitative estimate of drug-likeness (QED) is 0.285. The van der Waals surface area contributed by atoms with E-state index < -0.39 is 46.4 Å². The SMILES string of the molecule is CCOC(=O)c1cc(NC(=O)c2cc(F)cc(C(F)(F)F)c2)cn1C(C)(C)C(=O)NCc1ccc(OC)cc1. The second kappa shape index (κ2) is 11.6. The molecule has 12 heteroatoms. The molecule has 0 saturated heterocycles. The fraction of sp³-hybridized carbons (Fsp3) is 0.296. The maximum atomic E-state index is 13.8. The molecule has 3 rings (SSSR count). The third-order valence-electron chi connectivity index (χ3n) is 5.82. The van der Waals surface area contributed by atoms with Crippen molar-refractivity contribution in [3.63, 3.8) is 0 Å². The molecule has 0 radical (unpaired) electrons. The van der Waals surface area contributed by atoms with Gasteiger partial charge in [-0.25, -0.2) is 9.18 Å². The van der Waals surface area contributed by atoms with Crippen molar-refractivity contribution >= 4 is 23.5 Å². The summed E-state index contributed by atoms with van der Waals surface area (Å²) >= 11 is 0. The summed E-state index contributed by atoms with van der Waals surface area (Å²) in [4.78, 5) is 38.5. The zero-order valence-electron chi connectivity index (χ0n) is 21.6. The van der Waals surface area contributed by atoms with E-state index in [-0.39, 0.29) is 30.6 Å². The molecule has 2 N–H and O–H groups in total. The van der Waals surface area contributed by atoms with Crippen LogP contribution in [0.5, 0.6) is 5.75 Å². The molecule has 1 heterocycles. The topological polar surface area (TPSA) is 98.7 Å². The van der Waals surface area contributed by atoms with E-state index in [1.54, 1.807) is 31.2 Å². The third kappa shape index (κ3) is 6.95. The normalized spacial score (nSPS) is 11.6. The van der Waals surface area contributed by atoms with Gasteiger partial charge in [0.2, 0.25) is 5.91 Å². The summed E-state index contributed by atoms with van der Waals surface area (Å²) in [6.07, 6.45) is -3.58. The molecule has 3 aromatic rings. The second-order valence-corrected chi connectivity index (χ2v) is 8.97. The van der Waals surface area contributed by atoms with E-state index in [0.717, 1.165) is 5.56 Å². The summed E-state index contributed by atoms with van der Waals surface area (Å²) in [5, 5.41) is 5.14. The number of ether oxygens (including phenoxy) is 2. The number of esters is 1. The van der Waals surface area contributed by atoms with Crippen LogP contribution in [-0.2, 0) is 27.8 Å². The molecule has 0 saturated carbocycles. The minimum absolute atomic E-state index is 0.0168. The van der Waals surface area contributed by atoms with Crippen molar-refractivity contribution in [1.82, 2.24) is 9.88 Å². The Bertz CT molecular complexity index is 1360. The highest BCUT2D eigenvalue weighted by Gasteiger charge is 2.35. The molecule has 0 atom stereocenters. The van der Waals surface area contributed by atoms with Crippen LogP contribution < -0.4 is 15.4 Å². The van der Waals surface area contributed by atoms with Crippen LogP contribution in [0.25, 0.3) is 0 Å². The number of nitrogens with one attached hydrogen (secondary N) is 2. The molecule has 0 unspecified atom stereocenters. The molecule has 0 bridgehead atoms. The van der Waals surface area contributed by atoms with Crippen LogP contribution in [0.15, 0.2) is 54.7 Å². The highest BCUT2D eigenvalue weighted by molar-refractivity contribution is 6.05. The van der Waals surface area contributed by atoms with Crippen molar-refractivity contribution in [2.24, 2.45) is 0 Å². The molecule has 0 aliphatic rings. The van der Waals surface area contributed by atoms with Crippen LogP contribution in [0.3, 0.4) is 0 Å². The van der Waals surface area contributed by atoms with Crippen LogP contribution in [0.2, 0.25) is 0 Å². The van der Waals surface area contributed by atoms with Crippen molar-refractivity contribution in [2.75, 3.05) is 19.0 Å². The predicted octanol–water partition coefficient (Wildman–Crippen LogP) is 5.14. The maximum Gasteiger partial charge on any atom is 0.416 e. The van der Waals surface area contributed by atoms with Gasteiger partial charge in [-0.1, -0.05) is 12.1 Å². The van der Waals surface area contributed by atoms with Crippen LogP contribution in [0.4, 0.5) is 23.2 Å². The Balaban J connectivity index is 1.87. The van der Waals surface area contributed by atoms with Crippen molar-refractivity contribution in [1.29, 1.82) is 0 Å². The monoisotopic (exact) mass is 549 g/mol. The summed E-state index contributed by atoms with van der Waals surface area (Å²) in [5.41, 5.74) is -2.60. The summed E-state index contributed by atoms with van der Waals surface area (Å²) < 4.78 is 64.5. The minimum atomic E-state index is -4.86. The molecule has 0 spiro atoms. The first kappa shape index (κ1) is 29.2. The number of amides is 2. The number of benzene rings is 2. The Hall–Kier alpha value is -4.35. The molecule has 2 amide bonds. The molecule has 8 nitrogen and oxygen atoms in total. The Morgan fingerprint density at radius 2 is 1.67 bits per heavy atom. The number of carbonyl (C=O) groups is 3. The molecule has 0 fully saturated rings. The summed E-state index contributed by atoms with van der Waals surface area (Å²) in [6.45, 7) is 4.86. The number of hydrogen-bond donors (Lipinski definition) is 2. The molecular weight excluding hydrogens is 522 g/mol. The standard InChI is InChI=1S/C27H27F4N3O5/c1-5-39-24(36)22-13-20(33-23(35)17-10-18(27(29,30)31)12-19(28)11-17)15-34(22)26(2,3)25(37)32-14-16-6-8-21(38-4)9-7-16/h6-13,15H,5,14H2,1-4H3,(H,32,37)(H,33,35). The lowest BCUT2D eigenvalue weighted by Gasteiger charge is -2.27. The molecule has 208 valence electrons. The van der Waals surface area contributed by atoms with Gasteiger partial charge in [-0.2, -0.15) is 13.2 Å². The minimum Gasteiger partial charge on any atom is -0.497 e. The number of halogens is 4. The van der Waals surface area contributed by atoms with Crippen LogP contribution in [-0.4, -0.2) is 36.1 Å². The molecule has 0 aliphatic carbocycles. The van der Waals surface area contributed by atoms with Gasteiger partial charge >= 0.3 is 12.1 Å². The lowest BCUT2D eigenvalue weighted by Crippen LogP contribution is -2.45. The predicted molar refractivity (Wildman–Crippen MR) is 134 cm³/mol. The van der Waals surface area contributed by atoms with Gasteiger partial charge in [-0.05, 0) is 62.7 Å². The number of rotatable bonds is 9. The molecular formula is C27H27F4N3O5. The van der Waals surface area contributed by atoms with Gasteiger partial charge in [0.1, 0.15) is 22.8 Å². The number of methoxy groups -OCH3 is 1. The molecule has 39 heavy (non-hydrogen) atoms. The first-order valence-electron chi connectivity index (χ1n) is 11.8. The number of anilines is 1. The number of aromatic nitrogens is 1. The molecule has 0 aliphatic heterocycles. The van der Waals surface area contributed by atoms with Crippen molar-refractivity contribution in [3.8, 4) is 5.75 Å². The highest BCUT2D eigenvalue weighted by atomic mass is 19.4. The van der Waals surface area contributed by atoms with Gasteiger partial charge in [0.25, 0.3) is 5.91 Å². The van der Waals surface area contributed by atoms with Gasteiger partial charge in [-0.3, -0.25) is 9.59 Å². The Labute approximate surface area is 221 Å². The highest BCUT2D eigenvalue weighted by Crippen LogP contribution is 2.31. The second-order valence-electron chi connectivity index (χ2n) is 8.97. The molecule has 1 aromatic heterocycles. The van der Waals surface area contributed by atoms with E-state index in [4.69, 9.17) is 9.47 Å². The van der Waals surface area contributed by atoms with Crippen molar-refractivity contribution in [3.05, 3.63) is 82.9 Å². The van der Waals surface area contributed by atoms with E-state index in [2.05, 4.69) is 10.6 Å². The van der Waals surface area contributed by atoms with E-state index in [1.165, 1.54) is 37.8 Å². The smallest absolute Gasteiger partial charge is 0.416 e. The Kier molecular flexibility index (Phi) is 8.68. The van der Waals surface area contributed by atoms with Gasteiger partial charge in [0, 0.05) is 18.3 Å². The summed E-state index contributed by atoms with van der Waals surface area (Å²) in [7, 11) is 1.53. The lowest BCUT2D eigenvalue weighted by molar-refractivity contribution is -0.137. The van der Waals surface area contributed by atoms with Crippen LogP contribution in [0.1, 0.15) is 52.7 Å². The zero-order valence-corrected chi connectivity index (χ0v) is 21.6. The van der Waals surface area contributed by atoms with Crippen LogP contribution in [0, 0.1) is 5.82 Å². The van der Waals surface area contributed by atoms with Crippen LogP contribution >= 0.6 is 0 Å². The Morgan fingerprint density at radius 3 is 2.26 bits per heavy atom. The van der Waals surface area contributed by atoms with Gasteiger partial charge < -0.3 is 24.7 Å². The van der Waals surface area contributed by atoms with Crippen molar-refractivity contribution < 1.29 is 41.4 Å². The number of hydrogen-bond acceptors (Lipinski definition) is 5. The average Bonchev–Trinajstić information content (AvgIpc) is 3.31. The largest absolute Gasteiger partial charge is 0.497 e. The van der Waals surface area contributed by atoms with E-state index in [1.807, 2.05) is 0 Å². The number of nitrogens with zero attached hydrogens (tertiary/aromatic N) is 1. The first-order valence-corrected chi connectivity index (χ1v) is 11.8. The van der Waals surface area contributed by atoms with Crippen molar-refractivity contribution in [2.45, 2.75) is 39.0 Å². The fourth-order valence-corrected chi connectivity index (χ4v) is 3.69. The van der Waals surface area contributed by atoms with Gasteiger partial charge in [-0.15, -0.1) is 0 Å². The first-order chi connectivity index (χ1) is 18.3. The number of carbonyl (C=O) groups excluding carboxylic acids is 3. The van der Waals surface area contributed by atoms with E-state index >= 15 is 0 Å². The van der Waals surface area contributed by atoms with Gasteiger partial charge in [0.05, 0.1) is 25.0 Å². The van der Waals surface area contributed by atoms with E-state index in [0.29, 0.717) is 17.9 Å². The third-order valence-corrected chi connectivity index (χ3v) is 5.82. The van der Waals surface area contributed by atoms with E-state index in [9.17, 15) is 31.9 Å².